The summed E-state index contributed by atoms with van der Waals surface area (Å²) < 4.78 is 45.1. The fourth-order valence-corrected chi connectivity index (χ4v) is 6.39. The van der Waals surface area contributed by atoms with Crippen LogP contribution >= 0.6 is 0 Å². The molecule has 2 aliphatic carbocycles. The maximum atomic E-state index is 13.0. The number of hydrogen-bond acceptors (Lipinski definition) is 4. The molecule has 0 bridgehead atoms. The van der Waals surface area contributed by atoms with E-state index in [1.54, 1.807) is 0 Å². The predicted octanol–water partition coefficient (Wildman–Crippen LogP) is 4.94. The number of carbonyl (C=O) groups is 2. The van der Waals surface area contributed by atoms with Gasteiger partial charge in [-0.15, -0.1) is 0 Å². The fourth-order valence-electron chi connectivity index (χ4n) is 6.39. The summed E-state index contributed by atoms with van der Waals surface area (Å²) in [4.78, 5) is 27.6. The van der Waals surface area contributed by atoms with Gasteiger partial charge in [-0.2, -0.15) is 13.2 Å². The fraction of sp³-hybridized carbons (Fsp3) is 0.484. The molecular weight excluding hydrogens is 519 g/mol. The molecule has 3 aliphatic rings. The number of amides is 2. The number of ether oxygens (including phenoxy) is 1. The van der Waals surface area contributed by atoms with Crippen LogP contribution in [0.2, 0.25) is 0 Å². The molecule has 1 saturated carbocycles. The predicted molar refractivity (Wildman–Crippen MR) is 147 cm³/mol. The van der Waals surface area contributed by atoms with Crippen molar-refractivity contribution in [3.8, 4) is 0 Å². The van der Waals surface area contributed by atoms with Gasteiger partial charge in [-0.25, -0.2) is 0 Å². The molecule has 9 heteroatoms. The van der Waals surface area contributed by atoms with Gasteiger partial charge in [0.25, 0.3) is 5.91 Å². The lowest BCUT2D eigenvalue weighted by molar-refractivity contribution is -0.137. The Hall–Kier alpha value is -3.17. The molecule has 2 aromatic carbocycles. The second-order valence-electron chi connectivity index (χ2n) is 11.1. The van der Waals surface area contributed by atoms with Crippen molar-refractivity contribution in [2.45, 2.75) is 68.8 Å². The molecule has 5 rings (SSSR count). The largest absolute Gasteiger partial charge is 0.416 e. The second kappa shape index (κ2) is 11.7. The molecule has 1 unspecified atom stereocenters. The summed E-state index contributed by atoms with van der Waals surface area (Å²) in [5.74, 6) is -1.13. The van der Waals surface area contributed by atoms with E-state index in [1.165, 1.54) is 23.3 Å². The maximum absolute atomic E-state index is 13.0. The Morgan fingerprint density at radius 3 is 2.60 bits per heavy atom. The van der Waals surface area contributed by atoms with Gasteiger partial charge in [-0.3, -0.25) is 14.5 Å². The molecule has 2 fully saturated rings. The van der Waals surface area contributed by atoms with Gasteiger partial charge in [0.2, 0.25) is 5.91 Å². The van der Waals surface area contributed by atoms with E-state index in [4.69, 9.17) is 4.74 Å². The first-order chi connectivity index (χ1) is 19.2. The molecule has 1 spiro atoms. The number of fused-ring (bicyclic) bond motifs is 2. The van der Waals surface area contributed by atoms with Crippen molar-refractivity contribution in [1.82, 2.24) is 15.5 Å². The molecule has 2 N–H and O–H groups in total. The average Bonchev–Trinajstić information content (AvgIpc) is 3.52. The standard InChI is InChI=1S/C31H36F3N3O3/c1-2-16-40-27-20-37(24-11-14-30(15-12-24)13-10-21-6-3-4-9-25(21)30)19-26(27)36-28(38)18-35-29(39)22-7-5-8-23(17-22)31(32,33)34/h3-10,13,17,24,26-27H,2,11-12,14-16,18-20H2,1H3,(H,35,39)(H,36,38)/t24?,26?,27-,30?/m0/s1. The van der Waals surface area contributed by atoms with Crippen LogP contribution < -0.4 is 10.6 Å². The van der Waals surface area contributed by atoms with Gasteiger partial charge in [0.1, 0.15) is 0 Å². The number of alkyl halides is 3. The van der Waals surface area contributed by atoms with Crippen LogP contribution in [0.4, 0.5) is 13.2 Å². The van der Waals surface area contributed by atoms with Crippen molar-refractivity contribution in [2.24, 2.45) is 0 Å². The van der Waals surface area contributed by atoms with Crippen molar-refractivity contribution in [3.63, 3.8) is 0 Å². The zero-order chi connectivity index (χ0) is 28.3. The normalized spacial score (nSPS) is 26.1. The molecule has 6 nitrogen and oxygen atoms in total. The van der Waals surface area contributed by atoms with Crippen LogP contribution in [-0.4, -0.2) is 61.1 Å². The van der Waals surface area contributed by atoms with Crippen LogP contribution in [-0.2, 0) is 21.1 Å². The monoisotopic (exact) mass is 555 g/mol. The Balaban J connectivity index is 1.15. The first-order valence-corrected chi connectivity index (χ1v) is 14.1. The summed E-state index contributed by atoms with van der Waals surface area (Å²) in [6.45, 7) is 3.69. The molecule has 2 atom stereocenters. The van der Waals surface area contributed by atoms with Crippen molar-refractivity contribution < 1.29 is 27.5 Å². The number of carbonyl (C=O) groups excluding carboxylic acids is 2. The smallest absolute Gasteiger partial charge is 0.375 e. The van der Waals surface area contributed by atoms with Gasteiger partial charge in [0.15, 0.2) is 0 Å². The number of halogens is 3. The molecule has 1 saturated heterocycles. The third-order valence-electron chi connectivity index (χ3n) is 8.48. The van der Waals surface area contributed by atoms with Crippen molar-refractivity contribution in [2.75, 3.05) is 26.2 Å². The highest BCUT2D eigenvalue weighted by atomic mass is 19.4. The van der Waals surface area contributed by atoms with Crippen molar-refractivity contribution >= 4 is 17.9 Å². The van der Waals surface area contributed by atoms with Gasteiger partial charge in [0, 0.05) is 36.7 Å². The van der Waals surface area contributed by atoms with Crippen LogP contribution in [0, 0.1) is 0 Å². The number of hydrogen-bond donors (Lipinski definition) is 2. The number of allylic oxidation sites excluding steroid dienone is 1. The zero-order valence-electron chi connectivity index (χ0n) is 22.7. The number of nitrogens with one attached hydrogen (secondary N) is 2. The van der Waals surface area contributed by atoms with Crippen LogP contribution in [0.15, 0.2) is 54.6 Å². The maximum Gasteiger partial charge on any atom is 0.416 e. The molecular formula is C31H36F3N3O3. The van der Waals surface area contributed by atoms with Gasteiger partial charge >= 0.3 is 6.18 Å². The number of nitrogens with zero attached hydrogens (tertiary/aromatic N) is 1. The van der Waals surface area contributed by atoms with Gasteiger partial charge < -0.3 is 15.4 Å². The highest BCUT2D eigenvalue weighted by Crippen LogP contribution is 2.47. The van der Waals surface area contributed by atoms with E-state index >= 15 is 0 Å². The number of rotatable bonds is 8. The van der Waals surface area contributed by atoms with E-state index in [1.807, 2.05) is 6.92 Å². The minimum Gasteiger partial charge on any atom is -0.375 e. The summed E-state index contributed by atoms with van der Waals surface area (Å²) >= 11 is 0. The van der Waals surface area contributed by atoms with E-state index in [0.717, 1.165) is 50.8 Å². The Bertz CT molecular complexity index is 1250. The Morgan fingerprint density at radius 2 is 1.85 bits per heavy atom. The summed E-state index contributed by atoms with van der Waals surface area (Å²) in [7, 11) is 0. The Kier molecular flexibility index (Phi) is 8.33. The van der Waals surface area contributed by atoms with Crippen LogP contribution in [0.5, 0.6) is 0 Å². The molecule has 1 heterocycles. The molecule has 2 aromatic rings. The van der Waals surface area contributed by atoms with E-state index in [9.17, 15) is 22.8 Å². The zero-order valence-corrected chi connectivity index (χ0v) is 22.7. The van der Waals surface area contributed by atoms with Crippen molar-refractivity contribution in [1.29, 1.82) is 0 Å². The molecule has 2 amide bonds. The lowest BCUT2D eigenvalue weighted by Crippen LogP contribution is -2.48. The molecule has 0 aromatic heterocycles. The molecule has 1 aliphatic heterocycles. The third-order valence-corrected chi connectivity index (χ3v) is 8.48. The highest BCUT2D eigenvalue weighted by Gasteiger charge is 2.43. The summed E-state index contributed by atoms with van der Waals surface area (Å²) in [5, 5.41) is 5.44. The van der Waals surface area contributed by atoms with E-state index < -0.39 is 23.6 Å². The summed E-state index contributed by atoms with van der Waals surface area (Å²) in [5.41, 5.74) is 1.81. The second-order valence-corrected chi connectivity index (χ2v) is 11.1. The van der Waals surface area contributed by atoms with Crippen molar-refractivity contribution in [3.05, 3.63) is 76.9 Å². The highest BCUT2D eigenvalue weighted by molar-refractivity contribution is 5.96. The number of benzene rings is 2. The lowest BCUT2D eigenvalue weighted by atomic mass is 9.69. The van der Waals surface area contributed by atoms with Gasteiger partial charge in [-0.05, 0) is 61.4 Å². The third kappa shape index (κ3) is 6.10. The van der Waals surface area contributed by atoms with Crippen LogP contribution in [0.3, 0.4) is 0 Å². The Morgan fingerprint density at radius 1 is 1.07 bits per heavy atom. The SMILES string of the molecule is CCCO[C@H]1CN(C2CCC3(C=Cc4ccccc43)CC2)CC1NC(=O)CNC(=O)c1cccc(C(F)(F)F)c1. The van der Waals surface area contributed by atoms with Gasteiger partial charge in [0.05, 0.1) is 24.3 Å². The lowest BCUT2D eigenvalue weighted by Gasteiger charge is -2.40. The number of likely N-dealkylation sites (tertiary alicyclic amines) is 1. The van der Waals surface area contributed by atoms with E-state index in [-0.39, 0.29) is 29.7 Å². The minimum absolute atomic E-state index is 0.121. The van der Waals surface area contributed by atoms with E-state index in [2.05, 4.69) is 52.0 Å². The summed E-state index contributed by atoms with van der Waals surface area (Å²) in [6.07, 6.45) is 5.07. The van der Waals surface area contributed by atoms with Crippen LogP contribution in [0.1, 0.15) is 66.1 Å². The topological polar surface area (TPSA) is 70.7 Å². The van der Waals surface area contributed by atoms with E-state index in [0.29, 0.717) is 19.2 Å². The Labute approximate surface area is 233 Å². The quantitative estimate of drug-likeness (QED) is 0.484. The average molecular weight is 556 g/mol. The molecule has 214 valence electrons. The first kappa shape index (κ1) is 28.4. The first-order valence-electron chi connectivity index (χ1n) is 14.1. The van der Waals surface area contributed by atoms with Crippen LogP contribution in [0.25, 0.3) is 6.08 Å². The van der Waals surface area contributed by atoms with Gasteiger partial charge in [-0.1, -0.05) is 49.4 Å². The summed E-state index contributed by atoms with van der Waals surface area (Å²) in [6, 6.07) is 13.0. The molecule has 40 heavy (non-hydrogen) atoms. The molecule has 0 radical (unpaired) electrons. The minimum atomic E-state index is -4.55.